The summed E-state index contributed by atoms with van der Waals surface area (Å²) in [6.07, 6.45) is 1.45. The van der Waals surface area contributed by atoms with E-state index in [4.69, 9.17) is 4.74 Å². The van der Waals surface area contributed by atoms with E-state index in [1.54, 1.807) is 13.8 Å². The molecule has 0 fully saturated rings. The molecule has 4 nitrogen and oxygen atoms in total. The van der Waals surface area contributed by atoms with Gasteiger partial charge >= 0.3 is 5.97 Å². The largest absolute Gasteiger partial charge is 0.462 e. The molecule has 0 radical (unpaired) electrons. The zero-order valence-electron chi connectivity index (χ0n) is 10.7. The Hall–Kier alpha value is -1.75. The lowest BCUT2D eigenvalue weighted by Gasteiger charge is -2.10. The van der Waals surface area contributed by atoms with E-state index in [0.717, 1.165) is 10.0 Å². The van der Waals surface area contributed by atoms with Gasteiger partial charge in [-0.15, -0.1) is 0 Å². The molecule has 19 heavy (non-hydrogen) atoms. The van der Waals surface area contributed by atoms with Crippen molar-refractivity contribution >= 4 is 21.9 Å². The zero-order chi connectivity index (χ0) is 13.8. The molecule has 5 heteroatoms. The number of benzene rings is 1. The summed E-state index contributed by atoms with van der Waals surface area (Å²) in [6.45, 7) is 3.87. The molecule has 0 aliphatic carbocycles. The van der Waals surface area contributed by atoms with Gasteiger partial charge in [0.1, 0.15) is 11.9 Å². The van der Waals surface area contributed by atoms with E-state index in [2.05, 4.69) is 25.9 Å². The van der Waals surface area contributed by atoms with E-state index in [9.17, 15) is 4.79 Å². The van der Waals surface area contributed by atoms with Crippen LogP contribution in [0.15, 0.2) is 35.1 Å². The van der Waals surface area contributed by atoms with Crippen LogP contribution in [0.1, 0.15) is 23.0 Å². The highest BCUT2D eigenvalue weighted by molar-refractivity contribution is 9.10. The van der Waals surface area contributed by atoms with E-state index in [-0.39, 0.29) is 0 Å². The van der Waals surface area contributed by atoms with E-state index in [1.165, 1.54) is 6.33 Å². The summed E-state index contributed by atoms with van der Waals surface area (Å²) in [4.78, 5) is 20.3. The van der Waals surface area contributed by atoms with Crippen LogP contribution in [0, 0.1) is 6.92 Å². The highest BCUT2D eigenvalue weighted by Gasteiger charge is 2.18. The number of esters is 1. The third-order valence-electron chi connectivity index (χ3n) is 2.63. The molecule has 2 aromatic rings. The van der Waals surface area contributed by atoms with Crippen molar-refractivity contribution in [2.75, 3.05) is 6.61 Å². The first kappa shape index (κ1) is 13.7. The number of carbonyl (C=O) groups excluding carboxylic acids is 1. The molecular formula is C14H13BrN2O2. The van der Waals surface area contributed by atoms with Crippen molar-refractivity contribution in [3.8, 4) is 11.3 Å². The van der Waals surface area contributed by atoms with Gasteiger partial charge in [0.25, 0.3) is 0 Å². The second-order valence-electron chi connectivity index (χ2n) is 3.91. The van der Waals surface area contributed by atoms with Crippen LogP contribution in [0.3, 0.4) is 0 Å². The van der Waals surface area contributed by atoms with Gasteiger partial charge in [0.15, 0.2) is 0 Å². The van der Waals surface area contributed by atoms with Crippen molar-refractivity contribution in [1.29, 1.82) is 0 Å². The molecule has 98 valence electrons. The van der Waals surface area contributed by atoms with Gasteiger partial charge in [-0.1, -0.05) is 28.1 Å². The van der Waals surface area contributed by atoms with Gasteiger partial charge in [-0.2, -0.15) is 0 Å². The number of aryl methyl sites for hydroxylation is 1. The van der Waals surface area contributed by atoms with E-state index in [0.29, 0.717) is 23.6 Å². The van der Waals surface area contributed by atoms with Crippen LogP contribution < -0.4 is 0 Å². The number of nitrogens with zero attached hydrogens (tertiary/aromatic N) is 2. The van der Waals surface area contributed by atoms with Crippen LogP contribution in [0.2, 0.25) is 0 Å². The van der Waals surface area contributed by atoms with E-state index < -0.39 is 5.97 Å². The van der Waals surface area contributed by atoms with Crippen molar-refractivity contribution in [3.05, 3.63) is 46.3 Å². The molecule has 0 spiro atoms. The van der Waals surface area contributed by atoms with Crippen LogP contribution in [-0.4, -0.2) is 22.5 Å². The first-order valence-electron chi connectivity index (χ1n) is 5.88. The van der Waals surface area contributed by atoms with Crippen molar-refractivity contribution < 1.29 is 9.53 Å². The van der Waals surface area contributed by atoms with Crippen molar-refractivity contribution in [2.45, 2.75) is 13.8 Å². The summed E-state index contributed by atoms with van der Waals surface area (Å²) < 4.78 is 6.04. The average molecular weight is 321 g/mol. The topological polar surface area (TPSA) is 52.1 Å². The number of carbonyl (C=O) groups is 1. The molecule has 0 saturated carbocycles. The Kier molecular flexibility index (Phi) is 4.27. The van der Waals surface area contributed by atoms with E-state index >= 15 is 0 Å². The highest BCUT2D eigenvalue weighted by atomic mass is 79.9. The number of hydrogen-bond acceptors (Lipinski definition) is 4. The minimum atomic E-state index is -0.390. The van der Waals surface area contributed by atoms with Crippen molar-refractivity contribution in [3.63, 3.8) is 0 Å². The monoisotopic (exact) mass is 320 g/mol. The molecule has 0 bridgehead atoms. The second kappa shape index (κ2) is 5.93. The lowest BCUT2D eigenvalue weighted by Crippen LogP contribution is -2.11. The fraction of sp³-hybridized carbons (Fsp3) is 0.214. The van der Waals surface area contributed by atoms with Gasteiger partial charge < -0.3 is 4.74 Å². The number of hydrogen-bond donors (Lipinski definition) is 0. The lowest BCUT2D eigenvalue weighted by atomic mass is 10.0. The standard InChI is InChI=1S/C14H13BrN2O2/c1-3-19-14(18)12-9(2)16-8-17-13(12)10-4-6-11(15)7-5-10/h4-8H,3H2,1-2H3. The van der Waals surface area contributed by atoms with E-state index in [1.807, 2.05) is 24.3 Å². The fourth-order valence-electron chi connectivity index (χ4n) is 1.75. The predicted molar refractivity (Wildman–Crippen MR) is 75.9 cm³/mol. The maximum absolute atomic E-state index is 12.0. The molecule has 1 heterocycles. The molecule has 0 aliphatic rings. The Morgan fingerprint density at radius 3 is 2.58 bits per heavy atom. The van der Waals surface area contributed by atoms with Crippen LogP contribution >= 0.6 is 15.9 Å². The molecule has 1 aromatic heterocycles. The summed E-state index contributed by atoms with van der Waals surface area (Å²) in [5.41, 5.74) is 2.49. The van der Waals surface area contributed by atoms with Gasteiger partial charge in [-0.3, -0.25) is 0 Å². The Labute approximate surface area is 120 Å². The number of halogens is 1. The molecule has 0 unspecified atom stereocenters. The Bertz CT molecular complexity index is 597. The van der Waals surface area contributed by atoms with Crippen LogP contribution in [0.25, 0.3) is 11.3 Å². The molecular weight excluding hydrogens is 308 g/mol. The van der Waals surface area contributed by atoms with Gasteiger partial charge in [0.2, 0.25) is 0 Å². The first-order valence-corrected chi connectivity index (χ1v) is 6.67. The van der Waals surface area contributed by atoms with Crippen molar-refractivity contribution in [1.82, 2.24) is 9.97 Å². The first-order chi connectivity index (χ1) is 9.13. The van der Waals surface area contributed by atoms with Crippen LogP contribution in [-0.2, 0) is 4.74 Å². The molecule has 0 atom stereocenters. The van der Waals surface area contributed by atoms with Crippen LogP contribution in [0.4, 0.5) is 0 Å². The third kappa shape index (κ3) is 2.98. The summed E-state index contributed by atoms with van der Waals surface area (Å²) >= 11 is 3.38. The SMILES string of the molecule is CCOC(=O)c1c(C)ncnc1-c1ccc(Br)cc1. The predicted octanol–water partition coefficient (Wildman–Crippen LogP) is 3.39. The second-order valence-corrected chi connectivity index (χ2v) is 4.83. The van der Waals surface area contributed by atoms with Gasteiger partial charge in [0, 0.05) is 10.0 Å². The summed E-state index contributed by atoms with van der Waals surface area (Å²) in [5, 5.41) is 0. The normalized spacial score (nSPS) is 10.3. The molecule has 0 amide bonds. The number of aromatic nitrogens is 2. The molecule has 0 aliphatic heterocycles. The molecule has 0 N–H and O–H groups in total. The number of rotatable bonds is 3. The van der Waals surface area contributed by atoms with Crippen molar-refractivity contribution in [2.24, 2.45) is 0 Å². The lowest BCUT2D eigenvalue weighted by molar-refractivity contribution is 0.0525. The highest BCUT2D eigenvalue weighted by Crippen LogP contribution is 2.25. The van der Waals surface area contributed by atoms with Gasteiger partial charge in [-0.25, -0.2) is 14.8 Å². The smallest absolute Gasteiger partial charge is 0.342 e. The molecule has 1 aromatic carbocycles. The van der Waals surface area contributed by atoms with Gasteiger partial charge in [-0.05, 0) is 26.0 Å². The Morgan fingerprint density at radius 2 is 1.95 bits per heavy atom. The summed E-state index contributed by atoms with van der Waals surface area (Å²) in [6, 6.07) is 7.60. The fourth-order valence-corrected chi connectivity index (χ4v) is 2.01. The quantitative estimate of drug-likeness (QED) is 0.813. The minimum absolute atomic E-state index is 0.326. The number of ether oxygens (including phenoxy) is 1. The van der Waals surface area contributed by atoms with Gasteiger partial charge in [0.05, 0.1) is 18.0 Å². The minimum Gasteiger partial charge on any atom is -0.462 e. The zero-order valence-corrected chi connectivity index (χ0v) is 12.3. The average Bonchev–Trinajstić information content (AvgIpc) is 2.39. The summed E-state index contributed by atoms with van der Waals surface area (Å²) in [5.74, 6) is -0.390. The third-order valence-corrected chi connectivity index (χ3v) is 3.16. The maximum Gasteiger partial charge on any atom is 0.342 e. The Morgan fingerprint density at radius 1 is 1.26 bits per heavy atom. The maximum atomic E-state index is 12.0. The molecule has 2 rings (SSSR count). The van der Waals surface area contributed by atoms with Crippen LogP contribution in [0.5, 0.6) is 0 Å². The Balaban J connectivity index is 2.54. The molecule has 0 saturated heterocycles. The summed E-state index contributed by atoms with van der Waals surface area (Å²) in [7, 11) is 0.